The summed E-state index contributed by atoms with van der Waals surface area (Å²) >= 11 is 5.89. The van der Waals surface area contributed by atoms with Crippen LogP contribution in [-0.2, 0) is 12.8 Å². The summed E-state index contributed by atoms with van der Waals surface area (Å²) in [6.07, 6.45) is 9.65. The van der Waals surface area contributed by atoms with Gasteiger partial charge < -0.3 is 4.57 Å². The molecule has 1 aliphatic rings. The van der Waals surface area contributed by atoms with Gasteiger partial charge in [0.25, 0.3) is 0 Å². The maximum absolute atomic E-state index is 5.89. The van der Waals surface area contributed by atoms with Gasteiger partial charge in [0, 0.05) is 23.1 Å². The smallest absolute Gasteiger partial charge is 0.0450 e. The largest absolute Gasteiger partial charge is 0.323 e. The Kier molecular flexibility index (Phi) is 2.49. The Morgan fingerprint density at radius 2 is 1.44 bits per heavy atom. The first-order valence-corrected chi connectivity index (χ1v) is 6.16. The second kappa shape index (κ2) is 3.99. The Morgan fingerprint density at radius 1 is 0.875 bits per heavy atom. The van der Waals surface area contributed by atoms with Crippen LogP contribution in [0.3, 0.4) is 0 Å². The van der Waals surface area contributed by atoms with Gasteiger partial charge in [-0.2, -0.15) is 0 Å². The lowest BCUT2D eigenvalue weighted by Crippen LogP contribution is -1.97. The number of rotatable bonds is 1. The Morgan fingerprint density at radius 3 is 2.00 bits per heavy atom. The molecule has 1 aliphatic carbocycles. The predicted octanol–water partition coefficient (Wildman–Crippen LogP) is 4.01. The third kappa shape index (κ3) is 1.76. The second-order valence-electron chi connectivity index (χ2n) is 4.40. The van der Waals surface area contributed by atoms with E-state index in [0.29, 0.717) is 0 Å². The van der Waals surface area contributed by atoms with Gasteiger partial charge in [0.1, 0.15) is 0 Å². The van der Waals surface area contributed by atoms with Gasteiger partial charge in [-0.25, -0.2) is 0 Å². The second-order valence-corrected chi connectivity index (χ2v) is 4.84. The van der Waals surface area contributed by atoms with Crippen molar-refractivity contribution in [2.75, 3.05) is 0 Å². The van der Waals surface area contributed by atoms with Crippen molar-refractivity contribution in [2.45, 2.75) is 25.7 Å². The third-order valence-electron chi connectivity index (χ3n) is 3.27. The normalized spacial score (nSPS) is 14.8. The summed E-state index contributed by atoms with van der Waals surface area (Å²) in [5, 5.41) is 0.792. The number of fused-ring (bicyclic) bond motifs is 1. The molecule has 0 fully saturated rings. The van der Waals surface area contributed by atoms with Crippen molar-refractivity contribution in [2.24, 2.45) is 0 Å². The highest BCUT2D eigenvalue weighted by atomic mass is 35.5. The molecule has 0 unspecified atom stereocenters. The van der Waals surface area contributed by atoms with E-state index in [1.54, 1.807) is 0 Å². The summed E-state index contributed by atoms with van der Waals surface area (Å²) in [7, 11) is 0. The Bertz CT molecular complexity index is 472. The van der Waals surface area contributed by atoms with Crippen LogP contribution in [-0.4, -0.2) is 4.57 Å². The molecular formula is C14H14ClN. The zero-order valence-corrected chi connectivity index (χ0v) is 9.87. The fourth-order valence-electron chi connectivity index (χ4n) is 2.38. The molecule has 2 heteroatoms. The lowest BCUT2D eigenvalue weighted by atomic mass is 9.96. The van der Waals surface area contributed by atoms with Crippen LogP contribution in [0.15, 0.2) is 36.7 Å². The summed E-state index contributed by atoms with van der Waals surface area (Å²) in [6, 6.07) is 8.01. The van der Waals surface area contributed by atoms with Gasteiger partial charge in [0.15, 0.2) is 0 Å². The SMILES string of the molecule is Clc1ccc(-n2cc3c(c2)CCCC3)cc1. The van der Waals surface area contributed by atoms with Crippen LogP contribution < -0.4 is 0 Å². The first kappa shape index (κ1) is 9.98. The van der Waals surface area contributed by atoms with E-state index in [1.165, 1.54) is 42.5 Å². The van der Waals surface area contributed by atoms with Crippen LogP contribution in [0.2, 0.25) is 5.02 Å². The summed E-state index contributed by atoms with van der Waals surface area (Å²) < 4.78 is 2.21. The van der Waals surface area contributed by atoms with E-state index >= 15 is 0 Å². The lowest BCUT2D eigenvalue weighted by molar-refractivity contribution is 0.690. The van der Waals surface area contributed by atoms with E-state index in [0.717, 1.165) is 5.02 Å². The monoisotopic (exact) mass is 231 g/mol. The number of benzene rings is 1. The molecule has 0 amide bonds. The first-order valence-electron chi connectivity index (χ1n) is 5.78. The molecule has 0 bridgehead atoms. The highest BCUT2D eigenvalue weighted by molar-refractivity contribution is 6.30. The van der Waals surface area contributed by atoms with Crippen molar-refractivity contribution in [1.82, 2.24) is 4.57 Å². The number of aryl methyl sites for hydroxylation is 2. The molecule has 0 saturated carbocycles. The molecule has 16 heavy (non-hydrogen) atoms. The van der Waals surface area contributed by atoms with Crippen LogP contribution in [0.5, 0.6) is 0 Å². The van der Waals surface area contributed by atoms with E-state index in [2.05, 4.69) is 29.1 Å². The van der Waals surface area contributed by atoms with Crippen molar-refractivity contribution in [3.8, 4) is 5.69 Å². The van der Waals surface area contributed by atoms with Gasteiger partial charge in [-0.05, 0) is 61.1 Å². The molecule has 0 atom stereocenters. The van der Waals surface area contributed by atoms with Crippen LogP contribution in [0, 0.1) is 0 Å². The lowest BCUT2D eigenvalue weighted by Gasteiger charge is -2.08. The topological polar surface area (TPSA) is 4.93 Å². The summed E-state index contributed by atoms with van der Waals surface area (Å²) in [6.45, 7) is 0. The standard InChI is InChI=1S/C14H14ClN/c15-13-5-7-14(8-6-13)16-9-11-3-1-2-4-12(11)10-16/h5-10H,1-4H2. The minimum atomic E-state index is 0.792. The quantitative estimate of drug-likeness (QED) is 0.699. The Hall–Kier alpha value is -1.21. The maximum atomic E-state index is 5.89. The highest BCUT2D eigenvalue weighted by Gasteiger charge is 2.11. The van der Waals surface area contributed by atoms with Crippen LogP contribution >= 0.6 is 11.6 Å². The molecule has 2 aromatic rings. The van der Waals surface area contributed by atoms with Crippen LogP contribution in [0.1, 0.15) is 24.0 Å². The molecular weight excluding hydrogens is 218 g/mol. The van der Waals surface area contributed by atoms with E-state index < -0.39 is 0 Å². The van der Waals surface area contributed by atoms with Crippen molar-refractivity contribution < 1.29 is 0 Å². The van der Waals surface area contributed by atoms with E-state index in [-0.39, 0.29) is 0 Å². The van der Waals surface area contributed by atoms with E-state index in [9.17, 15) is 0 Å². The number of aromatic nitrogens is 1. The van der Waals surface area contributed by atoms with Crippen LogP contribution in [0.25, 0.3) is 5.69 Å². The molecule has 0 radical (unpaired) electrons. The number of hydrogen-bond donors (Lipinski definition) is 0. The van der Waals surface area contributed by atoms with Gasteiger partial charge in [-0.1, -0.05) is 11.6 Å². The molecule has 3 rings (SSSR count). The Labute approximate surface area is 101 Å². The zero-order chi connectivity index (χ0) is 11.0. The predicted molar refractivity (Wildman–Crippen MR) is 67.4 cm³/mol. The molecule has 1 nitrogen and oxygen atoms in total. The number of halogens is 1. The molecule has 1 aromatic heterocycles. The average molecular weight is 232 g/mol. The molecule has 0 spiro atoms. The van der Waals surface area contributed by atoms with Gasteiger partial charge in [-0.3, -0.25) is 0 Å². The van der Waals surface area contributed by atoms with E-state index in [1.807, 2.05) is 12.1 Å². The number of hydrogen-bond acceptors (Lipinski definition) is 0. The molecule has 1 heterocycles. The molecule has 82 valence electrons. The molecule has 0 aliphatic heterocycles. The summed E-state index contributed by atoms with van der Waals surface area (Å²) in [5.74, 6) is 0. The maximum Gasteiger partial charge on any atom is 0.0450 e. The van der Waals surface area contributed by atoms with Crippen LogP contribution in [0.4, 0.5) is 0 Å². The van der Waals surface area contributed by atoms with Gasteiger partial charge in [-0.15, -0.1) is 0 Å². The fourth-order valence-corrected chi connectivity index (χ4v) is 2.51. The summed E-state index contributed by atoms with van der Waals surface area (Å²) in [5.41, 5.74) is 4.22. The van der Waals surface area contributed by atoms with Gasteiger partial charge in [0.2, 0.25) is 0 Å². The fraction of sp³-hybridized carbons (Fsp3) is 0.286. The highest BCUT2D eigenvalue weighted by Crippen LogP contribution is 2.24. The van der Waals surface area contributed by atoms with Gasteiger partial charge >= 0.3 is 0 Å². The van der Waals surface area contributed by atoms with Crippen molar-refractivity contribution in [1.29, 1.82) is 0 Å². The Balaban J connectivity index is 2.00. The van der Waals surface area contributed by atoms with Crippen molar-refractivity contribution >= 4 is 11.6 Å². The molecule has 0 saturated heterocycles. The average Bonchev–Trinajstić information content (AvgIpc) is 2.73. The van der Waals surface area contributed by atoms with Crippen molar-refractivity contribution in [3.05, 3.63) is 52.8 Å². The molecule has 1 aromatic carbocycles. The zero-order valence-electron chi connectivity index (χ0n) is 9.12. The number of nitrogens with zero attached hydrogens (tertiary/aromatic N) is 1. The molecule has 0 N–H and O–H groups in total. The van der Waals surface area contributed by atoms with Crippen molar-refractivity contribution in [3.63, 3.8) is 0 Å². The first-order chi connectivity index (χ1) is 7.83. The third-order valence-corrected chi connectivity index (χ3v) is 3.52. The summed E-state index contributed by atoms with van der Waals surface area (Å²) in [4.78, 5) is 0. The minimum Gasteiger partial charge on any atom is -0.323 e. The van der Waals surface area contributed by atoms with Gasteiger partial charge in [0.05, 0.1) is 0 Å². The van der Waals surface area contributed by atoms with E-state index in [4.69, 9.17) is 11.6 Å². The minimum absolute atomic E-state index is 0.792.